The van der Waals surface area contributed by atoms with Gasteiger partial charge in [-0.15, -0.1) is 0 Å². The highest BCUT2D eigenvalue weighted by Gasteiger charge is 2.43. The molecule has 1 N–H and O–H groups in total. The topological polar surface area (TPSA) is 41.1 Å². The van der Waals surface area contributed by atoms with Crippen LogP contribution in [0, 0.1) is 0 Å². The summed E-state index contributed by atoms with van der Waals surface area (Å²) in [6.07, 6.45) is 5.14. The van der Waals surface area contributed by atoms with Gasteiger partial charge in [-0.1, -0.05) is 58.0 Å². The van der Waals surface area contributed by atoms with Crippen LogP contribution in [0.2, 0.25) is 18.1 Å². The van der Waals surface area contributed by atoms with E-state index in [0.717, 1.165) is 19.5 Å². The van der Waals surface area contributed by atoms with Crippen LogP contribution in [0.3, 0.4) is 0 Å². The predicted octanol–water partition coefficient (Wildman–Crippen LogP) is 5.18. The molecule has 1 aliphatic rings. The number of benzene rings is 1. The molecular formula is C22H35N3OSi. The summed E-state index contributed by atoms with van der Waals surface area (Å²) in [4.78, 5) is 10.2. The molecule has 1 aromatic carbocycles. The Morgan fingerprint density at radius 3 is 2.56 bits per heavy atom. The molecule has 4 nitrogen and oxygen atoms in total. The summed E-state index contributed by atoms with van der Waals surface area (Å²) in [5.74, 6) is 0.407. The second-order valence-electron chi connectivity index (χ2n) is 9.51. The van der Waals surface area contributed by atoms with Crippen molar-refractivity contribution in [1.82, 2.24) is 14.9 Å². The molecule has 0 spiro atoms. The highest BCUT2D eigenvalue weighted by atomic mass is 28.4. The molecule has 2 heterocycles. The maximum atomic E-state index is 6.80. The van der Waals surface area contributed by atoms with Gasteiger partial charge in [-0.2, -0.15) is 0 Å². The molecule has 3 atom stereocenters. The maximum Gasteiger partial charge on any atom is 0.192 e. The fourth-order valence-electron chi connectivity index (χ4n) is 3.81. The first-order chi connectivity index (χ1) is 12.7. The molecule has 1 aliphatic heterocycles. The minimum Gasteiger partial charge on any atom is -0.413 e. The van der Waals surface area contributed by atoms with Gasteiger partial charge in [0.25, 0.3) is 0 Å². The van der Waals surface area contributed by atoms with Gasteiger partial charge in [0.2, 0.25) is 0 Å². The molecule has 0 radical (unpaired) electrons. The van der Waals surface area contributed by atoms with E-state index < -0.39 is 8.32 Å². The van der Waals surface area contributed by atoms with Crippen LogP contribution in [0.5, 0.6) is 0 Å². The van der Waals surface area contributed by atoms with Crippen LogP contribution >= 0.6 is 0 Å². The van der Waals surface area contributed by atoms with Gasteiger partial charge in [0.05, 0.1) is 12.4 Å². The molecule has 0 saturated carbocycles. The molecule has 0 bridgehead atoms. The van der Waals surface area contributed by atoms with Gasteiger partial charge in [0.1, 0.15) is 0 Å². The lowest BCUT2D eigenvalue weighted by atomic mass is 9.96. The summed E-state index contributed by atoms with van der Waals surface area (Å²) in [6, 6.07) is 11.2. The lowest BCUT2D eigenvalue weighted by molar-refractivity contribution is 0.175. The van der Waals surface area contributed by atoms with Gasteiger partial charge in [0.15, 0.2) is 8.32 Å². The van der Waals surface area contributed by atoms with Crippen LogP contribution < -0.4 is 0 Å². The molecule has 1 saturated heterocycles. The van der Waals surface area contributed by atoms with E-state index >= 15 is 0 Å². The van der Waals surface area contributed by atoms with Crippen molar-refractivity contribution >= 4 is 8.32 Å². The van der Waals surface area contributed by atoms with Crippen molar-refractivity contribution in [3.8, 4) is 0 Å². The summed E-state index contributed by atoms with van der Waals surface area (Å²) >= 11 is 0. The Labute approximate surface area is 165 Å². The number of hydrogen-bond donors (Lipinski definition) is 1. The fraction of sp³-hybridized carbons (Fsp3) is 0.591. The van der Waals surface area contributed by atoms with E-state index in [1.165, 1.54) is 11.3 Å². The molecule has 0 aliphatic carbocycles. The van der Waals surface area contributed by atoms with Gasteiger partial charge in [0, 0.05) is 36.9 Å². The van der Waals surface area contributed by atoms with E-state index in [4.69, 9.17) is 4.43 Å². The number of rotatable bonds is 6. The van der Waals surface area contributed by atoms with Crippen molar-refractivity contribution in [3.05, 3.63) is 54.1 Å². The Bertz CT molecular complexity index is 709. The lowest BCUT2D eigenvalue weighted by Gasteiger charge is -2.38. The molecule has 27 heavy (non-hydrogen) atoms. The van der Waals surface area contributed by atoms with E-state index in [2.05, 4.69) is 86.0 Å². The minimum atomic E-state index is -1.77. The van der Waals surface area contributed by atoms with Crippen molar-refractivity contribution < 1.29 is 4.43 Å². The molecule has 1 unspecified atom stereocenters. The zero-order valence-corrected chi connectivity index (χ0v) is 18.7. The molecular weight excluding hydrogens is 350 g/mol. The van der Waals surface area contributed by atoms with Crippen molar-refractivity contribution in [3.63, 3.8) is 0 Å². The van der Waals surface area contributed by atoms with Crippen LogP contribution in [0.4, 0.5) is 0 Å². The van der Waals surface area contributed by atoms with Crippen LogP contribution in [-0.2, 0) is 11.0 Å². The van der Waals surface area contributed by atoms with Crippen LogP contribution in [0.1, 0.15) is 51.3 Å². The third kappa shape index (κ3) is 4.70. The van der Waals surface area contributed by atoms with Gasteiger partial charge in [-0.25, -0.2) is 4.98 Å². The van der Waals surface area contributed by atoms with E-state index in [1.54, 1.807) is 6.33 Å². The first-order valence-corrected chi connectivity index (χ1v) is 13.0. The molecule has 1 aromatic heterocycles. The molecule has 2 aromatic rings. The summed E-state index contributed by atoms with van der Waals surface area (Å²) in [5, 5.41) is 0.240. The smallest absolute Gasteiger partial charge is 0.192 e. The Morgan fingerprint density at radius 2 is 1.96 bits per heavy atom. The second kappa shape index (κ2) is 7.90. The van der Waals surface area contributed by atoms with Gasteiger partial charge >= 0.3 is 0 Å². The first-order valence-electron chi connectivity index (χ1n) is 10.1. The van der Waals surface area contributed by atoms with Crippen LogP contribution in [-0.4, -0.2) is 41.9 Å². The standard InChI is InChI=1S/C22H35N3OSi/c1-17(20-13-23-16-24-20)21-12-19(26-27(5,6)22(2,3)4)15-25(21)14-18-10-8-7-9-11-18/h7-11,13,16-17,19,21H,12,14-15H2,1-6H3,(H,23,24)/t17?,19-,21-/m1/s1. The quantitative estimate of drug-likeness (QED) is 0.697. The average molecular weight is 386 g/mol. The Morgan fingerprint density at radius 1 is 1.26 bits per heavy atom. The monoisotopic (exact) mass is 385 g/mol. The Balaban J connectivity index is 1.78. The first kappa shape index (κ1) is 20.3. The molecule has 3 rings (SSSR count). The number of imidazole rings is 1. The average Bonchev–Trinajstić information content (AvgIpc) is 3.24. The van der Waals surface area contributed by atoms with Gasteiger partial charge in [-0.05, 0) is 30.1 Å². The zero-order chi connectivity index (χ0) is 19.7. The van der Waals surface area contributed by atoms with Gasteiger partial charge < -0.3 is 9.41 Å². The SMILES string of the molecule is CC(c1cnc[nH]1)[C@H]1C[C@@H](O[Si](C)(C)C(C)(C)C)CN1Cc1ccccc1. The summed E-state index contributed by atoms with van der Waals surface area (Å²) in [5.41, 5.74) is 2.58. The fourth-order valence-corrected chi connectivity index (χ4v) is 5.17. The number of nitrogens with zero attached hydrogens (tertiary/aromatic N) is 2. The zero-order valence-electron chi connectivity index (χ0n) is 17.7. The van der Waals surface area contributed by atoms with Crippen molar-refractivity contribution in [2.75, 3.05) is 6.54 Å². The van der Waals surface area contributed by atoms with Crippen molar-refractivity contribution in [1.29, 1.82) is 0 Å². The number of aromatic nitrogens is 2. The highest BCUT2D eigenvalue weighted by Crippen LogP contribution is 2.40. The molecule has 5 heteroatoms. The molecule has 0 amide bonds. The maximum absolute atomic E-state index is 6.80. The normalized spacial score (nSPS) is 22.9. The van der Waals surface area contributed by atoms with Crippen molar-refractivity contribution in [2.24, 2.45) is 0 Å². The predicted molar refractivity (Wildman–Crippen MR) is 114 cm³/mol. The minimum absolute atomic E-state index is 0.240. The lowest BCUT2D eigenvalue weighted by Crippen LogP contribution is -2.44. The summed E-state index contributed by atoms with van der Waals surface area (Å²) in [7, 11) is -1.77. The summed E-state index contributed by atoms with van der Waals surface area (Å²) in [6.45, 7) is 16.0. The third-order valence-electron chi connectivity index (χ3n) is 6.49. The number of H-pyrrole nitrogens is 1. The second-order valence-corrected chi connectivity index (χ2v) is 14.3. The van der Waals surface area contributed by atoms with E-state index in [-0.39, 0.29) is 5.04 Å². The number of hydrogen-bond acceptors (Lipinski definition) is 3. The largest absolute Gasteiger partial charge is 0.413 e. The molecule has 148 valence electrons. The summed E-state index contributed by atoms with van der Waals surface area (Å²) < 4.78 is 6.80. The van der Waals surface area contributed by atoms with Crippen molar-refractivity contribution in [2.45, 2.75) is 76.9 Å². The van der Waals surface area contributed by atoms with E-state index in [1.807, 2.05) is 6.20 Å². The highest BCUT2D eigenvalue weighted by molar-refractivity contribution is 6.74. The van der Waals surface area contributed by atoms with Crippen LogP contribution in [0.25, 0.3) is 0 Å². The number of nitrogens with one attached hydrogen (secondary N) is 1. The molecule has 1 fully saturated rings. The number of aromatic amines is 1. The van der Waals surface area contributed by atoms with Crippen LogP contribution in [0.15, 0.2) is 42.9 Å². The Hall–Kier alpha value is -1.43. The third-order valence-corrected chi connectivity index (χ3v) is 11.0. The van der Waals surface area contributed by atoms with Gasteiger partial charge in [-0.3, -0.25) is 4.90 Å². The van der Waals surface area contributed by atoms with E-state index in [0.29, 0.717) is 18.1 Å². The Kier molecular flexibility index (Phi) is 5.94. The number of likely N-dealkylation sites (tertiary alicyclic amines) is 1. The van der Waals surface area contributed by atoms with E-state index in [9.17, 15) is 0 Å².